The molecule has 7 rings (SSSR count). The van der Waals surface area contributed by atoms with Crippen molar-refractivity contribution in [3.8, 4) is 0 Å². The average Bonchev–Trinajstić information content (AvgIpc) is 3.72. The summed E-state index contributed by atoms with van der Waals surface area (Å²) in [7, 11) is 0. The zero-order chi connectivity index (χ0) is 31.8. The molecule has 7 heterocycles. The quantitative estimate of drug-likeness (QED) is 0.0794. The first-order chi connectivity index (χ1) is 21.3. The van der Waals surface area contributed by atoms with Crippen molar-refractivity contribution >= 4 is 71.5 Å². The second-order valence-corrected chi connectivity index (χ2v) is 16.6. The van der Waals surface area contributed by atoms with Gasteiger partial charge in [0.1, 0.15) is 36.3 Å². The first-order valence-corrected chi connectivity index (χ1v) is 18.6. The summed E-state index contributed by atoms with van der Waals surface area (Å²) in [5.41, 5.74) is 11.5. The topological polar surface area (TPSA) is 298 Å². The maximum Gasteiger partial charge on any atom is 0.324 e. The number of anilines is 2. The number of thiol groups is 1. The van der Waals surface area contributed by atoms with E-state index in [2.05, 4.69) is 52.3 Å². The van der Waals surface area contributed by atoms with E-state index in [9.17, 15) is 24.5 Å². The molecule has 3 aliphatic heterocycles. The molecule has 10 N–H and O–H groups in total. The van der Waals surface area contributed by atoms with Crippen LogP contribution in [-0.2, 0) is 34.9 Å². The Labute approximate surface area is 261 Å². The van der Waals surface area contributed by atoms with E-state index in [0.29, 0.717) is 0 Å². The first-order valence-electron chi connectivity index (χ1n) is 13.1. The summed E-state index contributed by atoms with van der Waals surface area (Å²) in [5, 5.41) is 28.1. The van der Waals surface area contributed by atoms with E-state index in [-0.39, 0.29) is 34.1 Å². The molecule has 0 saturated carbocycles. The molecule has 3 saturated heterocycles. The molecule has 45 heavy (non-hydrogen) atoms. The number of hydrogen-bond acceptors (Lipinski definition) is 16. The van der Waals surface area contributed by atoms with E-state index < -0.39 is 81.1 Å². The van der Waals surface area contributed by atoms with Gasteiger partial charge in [0.05, 0.1) is 38.0 Å². The van der Waals surface area contributed by atoms with Gasteiger partial charge in [-0.2, -0.15) is 4.98 Å². The summed E-state index contributed by atoms with van der Waals surface area (Å²) in [6, 6.07) is -2.26. The van der Waals surface area contributed by atoms with Gasteiger partial charge in [-0.25, -0.2) is 30.1 Å². The minimum absolute atomic E-state index is 0.0196. The fourth-order valence-electron chi connectivity index (χ4n) is 5.53. The van der Waals surface area contributed by atoms with Crippen molar-refractivity contribution in [3.63, 3.8) is 0 Å². The number of nitrogens with two attached hydrogens (primary N) is 2. The van der Waals surface area contributed by atoms with Crippen molar-refractivity contribution in [2.75, 3.05) is 24.7 Å². The highest BCUT2D eigenvalue weighted by molar-refractivity contribution is 8.45. The van der Waals surface area contributed by atoms with E-state index in [1.54, 1.807) is 0 Å². The van der Waals surface area contributed by atoms with Crippen molar-refractivity contribution in [1.82, 2.24) is 49.2 Å². The first kappa shape index (κ1) is 31.0. The standard InChI is InChI=1S/C20H26N12O9P2S2/c21-14-10-15(24-3-23-14)31(4-25-10)18-12(33)8-6(40-18)1-38-43(37,45)30-9-7(2-39-42(36,44)29-8)41-19(13(9)34)32-5-26-11-16(32)27-20(22)28-17(11)35/h3-9,12-13,18-19,33-34H,1-2H2,(H2,21,23,24)(H2,29,36,44)(H2,30,37,45)(H3,22,27,28,35)/t6-,7-,8?,9?,12+,13+,18-,19-,42?,43?/m1/s1. The lowest BCUT2D eigenvalue weighted by Gasteiger charge is -2.31. The van der Waals surface area contributed by atoms with Crippen LogP contribution in [0, 0.1) is 0 Å². The van der Waals surface area contributed by atoms with Crippen LogP contribution in [-0.4, -0.2) is 104 Å². The summed E-state index contributed by atoms with van der Waals surface area (Å²) < 4.78 is 39.7. The summed E-state index contributed by atoms with van der Waals surface area (Å²) in [6.45, 7) is -8.77. The van der Waals surface area contributed by atoms with Gasteiger partial charge in [-0.05, 0) is 11.8 Å². The molecule has 4 aromatic rings. The Balaban J connectivity index is 1.17. The Morgan fingerprint density at radius 2 is 1.53 bits per heavy atom. The van der Waals surface area contributed by atoms with Crippen LogP contribution < -0.4 is 27.2 Å². The van der Waals surface area contributed by atoms with Crippen molar-refractivity contribution in [1.29, 1.82) is 0 Å². The van der Waals surface area contributed by atoms with E-state index in [4.69, 9.17) is 41.8 Å². The SMILES string of the molecule is Nc1nc2c(ncn2[C@@H]2O[C@@H]3COP(O)(=S)NC4[C@@H](COP(=O)(S)NC3[C@@H]2O)O[C@@H](n2cnc3c(N)ncnc32)[C@H]4O)c(=O)[nH]1. The van der Waals surface area contributed by atoms with Crippen LogP contribution in [0.1, 0.15) is 12.5 Å². The molecule has 0 radical (unpaired) electrons. The number of H-pyrrole nitrogens is 1. The molecule has 21 nitrogen and oxygen atoms in total. The van der Waals surface area contributed by atoms with Gasteiger partial charge < -0.3 is 45.1 Å². The number of nitrogens with one attached hydrogen (secondary N) is 3. The van der Waals surface area contributed by atoms with Gasteiger partial charge in [-0.1, -0.05) is 12.2 Å². The number of imidazole rings is 2. The molecule has 0 spiro atoms. The van der Waals surface area contributed by atoms with Crippen molar-refractivity contribution in [3.05, 3.63) is 29.3 Å². The minimum Gasteiger partial charge on any atom is -0.387 e. The lowest BCUT2D eigenvalue weighted by Crippen LogP contribution is -2.47. The minimum atomic E-state index is -4.03. The van der Waals surface area contributed by atoms with Crippen molar-refractivity contribution in [2.45, 2.75) is 49.0 Å². The molecule has 25 heteroatoms. The third-order valence-electron chi connectivity index (χ3n) is 7.59. The zero-order valence-electron chi connectivity index (χ0n) is 22.6. The summed E-state index contributed by atoms with van der Waals surface area (Å²) in [4.78, 5) is 46.1. The number of fused-ring (bicyclic) bond motifs is 4. The number of aliphatic hydroxyl groups excluding tert-OH is 2. The van der Waals surface area contributed by atoms with Gasteiger partial charge in [0, 0.05) is 0 Å². The number of nitrogens with zero attached hydrogens (tertiary/aromatic N) is 7. The Morgan fingerprint density at radius 3 is 2.22 bits per heavy atom. The Kier molecular flexibility index (Phi) is 7.76. The largest absolute Gasteiger partial charge is 0.387 e. The summed E-state index contributed by atoms with van der Waals surface area (Å²) in [5.74, 6) is -0.0705. The smallest absolute Gasteiger partial charge is 0.324 e. The van der Waals surface area contributed by atoms with Crippen LogP contribution in [0.5, 0.6) is 0 Å². The third-order valence-corrected chi connectivity index (χ3v) is 11.2. The molecule has 4 aromatic heterocycles. The highest BCUT2D eigenvalue weighted by Gasteiger charge is 2.51. The van der Waals surface area contributed by atoms with Gasteiger partial charge in [0.25, 0.3) is 12.2 Å². The van der Waals surface area contributed by atoms with Crippen LogP contribution in [0.2, 0.25) is 0 Å². The molecule has 10 atom stereocenters. The normalized spacial score (nSPS) is 37.7. The third kappa shape index (κ3) is 5.56. The fourth-order valence-corrected chi connectivity index (χ4v) is 8.92. The molecule has 0 amide bonds. The summed E-state index contributed by atoms with van der Waals surface area (Å²) >= 11 is 9.55. The number of aliphatic hydroxyl groups is 2. The molecule has 3 fully saturated rings. The van der Waals surface area contributed by atoms with Gasteiger partial charge in [-0.15, -0.1) is 0 Å². The van der Waals surface area contributed by atoms with Gasteiger partial charge in [0.15, 0.2) is 35.1 Å². The molecular formula is C20H26N12O9P2S2. The Bertz CT molecular complexity index is 1940. The number of ether oxygens (including phenoxy) is 2. The maximum absolute atomic E-state index is 13.6. The lowest BCUT2D eigenvalue weighted by atomic mass is 10.1. The number of aromatic nitrogens is 8. The second-order valence-electron chi connectivity index (χ2n) is 10.4. The van der Waals surface area contributed by atoms with E-state index in [1.807, 2.05) is 0 Å². The summed E-state index contributed by atoms with van der Waals surface area (Å²) in [6.07, 6.45) is -3.53. The van der Waals surface area contributed by atoms with Crippen LogP contribution >= 0.6 is 25.6 Å². The van der Waals surface area contributed by atoms with Gasteiger partial charge in [-0.3, -0.25) is 23.5 Å². The number of aromatic amines is 1. The second kappa shape index (κ2) is 11.3. The van der Waals surface area contributed by atoms with E-state index >= 15 is 0 Å². The van der Waals surface area contributed by atoms with Crippen LogP contribution in [0.4, 0.5) is 11.8 Å². The van der Waals surface area contributed by atoms with E-state index in [0.717, 1.165) is 0 Å². The van der Waals surface area contributed by atoms with Crippen LogP contribution in [0.15, 0.2) is 23.8 Å². The Hall–Kier alpha value is -2.63. The van der Waals surface area contributed by atoms with Gasteiger partial charge in [0.2, 0.25) is 5.95 Å². The molecular weight excluding hydrogens is 678 g/mol. The Morgan fingerprint density at radius 1 is 0.933 bits per heavy atom. The molecule has 4 unspecified atom stereocenters. The van der Waals surface area contributed by atoms with Gasteiger partial charge >= 0.3 is 6.72 Å². The fraction of sp³-hybridized carbons (Fsp3) is 0.500. The van der Waals surface area contributed by atoms with Crippen LogP contribution in [0.25, 0.3) is 22.3 Å². The lowest BCUT2D eigenvalue weighted by molar-refractivity contribution is -0.0467. The maximum atomic E-state index is 13.6. The number of nitrogen functional groups attached to an aromatic ring is 2. The zero-order valence-corrected chi connectivity index (χ0v) is 26.1. The average molecular weight is 705 g/mol. The molecule has 0 aliphatic carbocycles. The predicted octanol–water partition coefficient (Wildman–Crippen LogP) is -2.14. The van der Waals surface area contributed by atoms with E-state index in [1.165, 1.54) is 28.1 Å². The highest BCUT2D eigenvalue weighted by Crippen LogP contribution is 2.52. The number of hydrogen-bond donors (Lipinski definition) is 9. The predicted molar refractivity (Wildman–Crippen MR) is 161 cm³/mol. The molecule has 0 aromatic carbocycles. The van der Waals surface area contributed by atoms with Crippen LogP contribution in [0.3, 0.4) is 0 Å². The highest BCUT2D eigenvalue weighted by atomic mass is 32.7. The molecule has 0 bridgehead atoms. The molecule has 242 valence electrons. The van der Waals surface area contributed by atoms with Crippen molar-refractivity contribution in [2.24, 2.45) is 0 Å². The number of rotatable bonds is 2. The van der Waals surface area contributed by atoms with Crippen molar-refractivity contribution < 1.29 is 38.2 Å². The molecule has 3 aliphatic rings. The monoisotopic (exact) mass is 704 g/mol.